The van der Waals surface area contributed by atoms with Crippen LogP contribution in [0.15, 0.2) is 24.3 Å². The summed E-state index contributed by atoms with van der Waals surface area (Å²) < 4.78 is 0. The molecule has 1 aromatic rings. The molecule has 4 nitrogen and oxygen atoms in total. The van der Waals surface area contributed by atoms with Gasteiger partial charge in [-0.05, 0) is 38.7 Å². The quantitative estimate of drug-likeness (QED) is 0.864. The van der Waals surface area contributed by atoms with E-state index in [0.717, 1.165) is 18.7 Å². The van der Waals surface area contributed by atoms with Gasteiger partial charge in [-0.15, -0.1) is 0 Å². The molecule has 1 aliphatic rings. The molecule has 1 aromatic carbocycles. The standard InChI is InChI=1S/C14H21N3O/c1-16(2)10-14(18)17-9-11(7-8-15)12-5-3-4-6-13(12)17/h3-6,11H,7-10,15H2,1-2H3. The zero-order valence-electron chi connectivity index (χ0n) is 11.1. The average molecular weight is 247 g/mol. The molecule has 1 amide bonds. The Morgan fingerprint density at radius 1 is 1.44 bits per heavy atom. The minimum absolute atomic E-state index is 0.159. The third-order valence-electron chi connectivity index (χ3n) is 3.34. The van der Waals surface area contributed by atoms with E-state index in [4.69, 9.17) is 5.73 Å². The summed E-state index contributed by atoms with van der Waals surface area (Å²) in [5.74, 6) is 0.546. The van der Waals surface area contributed by atoms with Gasteiger partial charge in [0.15, 0.2) is 0 Å². The van der Waals surface area contributed by atoms with E-state index < -0.39 is 0 Å². The number of para-hydroxylation sites is 1. The van der Waals surface area contributed by atoms with Crippen LogP contribution >= 0.6 is 0 Å². The Morgan fingerprint density at radius 3 is 2.83 bits per heavy atom. The van der Waals surface area contributed by atoms with Crippen LogP contribution in [-0.4, -0.2) is 44.5 Å². The van der Waals surface area contributed by atoms with Gasteiger partial charge >= 0.3 is 0 Å². The molecule has 98 valence electrons. The summed E-state index contributed by atoms with van der Waals surface area (Å²) in [5, 5.41) is 0. The first kappa shape index (κ1) is 13.1. The second kappa shape index (κ2) is 5.50. The van der Waals surface area contributed by atoms with Crippen molar-refractivity contribution in [3.63, 3.8) is 0 Å². The molecular weight excluding hydrogens is 226 g/mol. The van der Waals surface area contributed by atoms with Crippen LogP contribution < -0.4 is 10.6 Å². The van der Waals surface area contributed by atoms with Crippen molar-refractivity contribution in [1.82, 2.24) is 4.90 Å². The summed E-state index contributed by atoms with van der Waals surface area (Å²) in [6.45, 7) is 1.88. The van der Waals surface area contributed by atoms with Crippen molar-refractivity contribution in [3.8, 4) is 0 Å². The summed E-state index contributed by atoms with van der Waals surface area (Å²) in [7, 11) is 3.83. The number of fused-ring (bicyclic) bond motifs is 1. The number of benzene rings is 1. The molecule has 18 heavy (non-hydrogen) atoms. The highest BCUT2D eigenvalue weighted by molar-refractivity contribution is 5.97. The summed E-state index contributed by atoms with van der Waals surface area (Å²) in [5.41, 5.74) is 7.97. The molecule has 0 saturated carbocycles. The zero-order chi connectivity index (χ0) is 13.1. The van der Waals surface area contributed by atoms with E-state index in [1.807, 2.05) is 42.1 Å². The van der Waals surface area contributed by atoms with Crippen LogP contribution in [0.1, 0.15) is 17.9 Å². The van der Waals surface area contributed by atoms with Crippen molar-refractivity contribution < 1.29 is 4.79 Å². The lowest BCUT2D eigenvalue weighted by atomic mass is 9.98. The van der Waals surface area contributed by atoms with E-state index in [1.54, 1.807) is 0 Å². The third-order valence-corrected chi connectivity index (χ3v) is 3.34. The first-order chi connectivity index (χ1) is 8.63. The Balaban J connectivity index is 2.22. The number of anilines is 1. The Kier molecular flexibility index (Phi) is 3.99. The lowest BCUT2D eigenvalue weighted by Crippen LogP contribution is -2.37. The number of likely N-dealkylation sites (N-methyl/N-ethyl adjacent to an activating group) is 1. The molecule has 0 aliphatic carbocycles. The van der Waals surface area contributed by atoms with Gasteiger partial charge in [0.2, 0.25) is 5.91 Å². The highest BCUT2D eigenvalue weighted by Gasteiger charge is 2.31. The monoisotopic (exact) mass is 247 g/mol. The predicted octanol–water partition coefficient (Wildman–Crippen LogP) is 1.03. The molecule has 0 saturated heterocycles. The van der Waals surface area contributed by atoms with Crippen molar-refractivity contribution >= 4 is 11.6 Å². The number of amides is 1. The fourth-order valence-corrected chi connectivity index (χ4v) is 2.54. The Bertz CT molecular complexity index is 431. The number of nitrogens with two attached hydrogens (primary N) is 1. The summed E-state index contributed by atoms with van der Waals surface area (Å²) in [4.78, 5) is 16.0. The number of hydrogen-bond acceptors (Lipinski definition) is 3. The molecule has 1 atom stereocenters. The predicted molar refractivity (Wildman–Crippen MR) is 73.8 cm³/mol. The minimum atomic E-state index is 0.159. The molecule has 0 aromatic heterocycles. The van der Waals surface area contributed by atoms with Crippen molar-refractivity contribution in [3.05, 3.63) is 29.8 Å². The zero-order valence-corrected chi connectivity index (χ0v) is 11.1. The molecular formula is C14H21N3O. The molecule has 0 fully saturated rings. The summed E-state index contributed by atoms with van der Waals surface area (Å²) in [6.07, 6.45) is 0.933. The van der Waals surface area contributed by atoms with Gasteiger partial charge in [0.1, 0.15) is 0 Å². The van der Waals surface area contributed by atoms with Gasteiger partial charge in [-0.25, -0.2) is 0 Å². The maximum atomic E-state index is 12.2. The molecule has 1 heterocycles. The number of nitrogens with zero attached hydrogens (tertiary/aromatic N) is 2. The van der Waals surface area contributed by atoms with E-state index in [9.17, 15) is 4.79 Å². The molecule has 0 spiro atoms. The number of carbonyl (C=O) groups is 1. The largest absolute Gasteiger partial charge is 0.330 e. The van der Waals surface area contributed by atoms with Crippen LogP contribution in [-0.2, 0) is 4.79 Å². The fraction of sp³-hybridized carbons (Fsp3) is 0.500. The van der Waals surface area contributed by atoms with Crippen LogP contribution in [0.5, 0.6) is 0 Å². The highest BCUT2D eigenvalue weighted by Crippen LogP contribution is 2.37. The average Bonchev–Trinajstić information content (AvgIpc) is 2.68. The lowest BCUT2D eigenvalue weighted by Gasteiger charge is -2.20. The van der Waals surface area contributed by atoms with Crippen molar-refractivity contribution in [2.75, 3.05) is 38.6 Å². The van der Waals surface area contributed by atoms with Crippen LogP contribution in [0, 0.1) is 0 Å². The first-order valence-corrected chi connectivity index (χ1v) is 6.37. The second-order valence-electron chi connectivity index (χ2n) is 5.08. The van der Waals surface area contributed by atoms with E-state index in [0.29, 0.717) is 19.0 Å². The topological polar surface area (TPSA) is 49.6 Å². The maximum Gasteiger partial charge on any atom is 0.241 e. The molecule has 4 heteroatoms. The van der Waals surface area contributed by atoms with Crippen LogP contribution in [0.3, 0.4) is 0 Å². The van der Waals surface area contributed by atoms with Crippen molar-refractivity contribution in [1.29, 1.82) is 0 Å². The van der Waals surface area contributed by atoms with Gasteiger partial charge in [0.05, 0.1) is 6.54 Å². The SMILES string of the molecule is CN(C)CC(=O)N1CC(CCN)c2ccccc21. The maximum absolute atomic E-state index is 12.2. The number of hydrogen-bond donors (Lipinski definition) is 1. The number of rotatable bonds is 4. The van der Waals surface area contributed by atoms with Crippen LogP contribution in [0.4, 0.5) is 5.69 Å². The van der Waals surface area contributed by atoms with E-state index >= 15 is 0 Å². The van der Waals surface area contributed by atoms with Gasteiger partial charge < -0.3 is 15.5 Å². The normalized spacial score (nSPS) is 18.2. The van der Waals surface area contributed by atoms with Gasteiger partial charge in [0, 0.05) is 18.2 Å². The van der Waals surface area contributed by atoms with Crippen molar-refractivity contribution in [2.45, 2.75) is 12.3 Å². The molecule has 1 aliphatic heterocycles. The Labute approximate surface area is 108 Å². The van der Waals surface area contributed by atoms with Crippen LogP contribution in [0.2, 0.25) is 0 Å². The van der Waals surface area contributed by atoms with Gasteiger partial charge in [0.25, 0.3) is 0 Å². The highest BCUT2D eigenvalue weighted by atomic mass is 16.2. The Morgan fingerprint density at radius 2 is 2.17 bits per heavy atom. The summed E-state index contributed by atoms with van der Waals surface area (Å²) in [6, 6.07) is 8.15. The smallest absolute Gasteiger partial charge is 0.241 e. The molecule has 2 rings (SSSR count). The lowest BCUT2D eigenvalue weighted by molar-refractivity contribution is -0.119. The summed E-state index contributed by atoms with van der Waals surface area (Å²) >= 11 is 0. The van der Waals surface area contributed by atoms with Gasteiger partial charge in [-0.3, -0.25) is 4.79 Å². The number of carbonyl (C=O) groups excluding carboxylic acids is 1. The second-order valence-corrected chi connectivity index (χ2v) is 5.08. The third kappa shape index (κ3) is 2.54. The van der Waals surface area contributed by atoms with E-state index in [2.05, 4.69) is 6.07 Å². The van der Waals surface area contributed by atoms with Crippen molar-refractivity contribution in [2.24, 2.45) is 5.73 Å². The molecule has 0 radical (unpaired) electrons. The fourth-order valence-electron chi connectivity index (χ4n) is 2.54. The Hall–Kier alpha value is -1.39. The minimum Gasteiger partial charge on any atom is -0.330 e. The molecule has 0 bridgehead atoms. The first-order valence-electron chi connectivity index (χ1n) is 6.37. The van der Waals surface area contributed by atoms with E-state index in [1.165, 1.54) is 5.56 Å². The van der Waals surface area contributed by atoms with Gasteiger partial charge in [-0.1, -0.05) is 18.2 Å². The van der Waals surface area contributed by atoms with Crippen LogP contribution in [0.25, 0.3) is 0 Å². The molecule has 1 unspecified atom stereocenters. The molecule has 2 N–H and O–H groups in total. The van der Waals surface area contributed by atoms with Gasteiger partial charge in [-0.2, -0.15) is 0 Å². The van der Waals surface area contributed by atoms with E-state index in [-0.39, 0.29) is 5.91 Å².